The Labute approximate surface area is 302 Å². The van der Waals surface area contributed by atoms with Crippen molar-refractivity contribution in [1.82, 2.24) is 14.9 Å². The molecule has 2 fully saturated rings. The lowest BCUT2D eigenvalue weighted by molar-refractivity contribution is -0.146. The molecule has 52 heavy (non-hydrogen) atoms. The first kappa shape index (κ1) is 37.8. The topological polar surface area (TPSA) is 138 Å². The van der Waals surface area contributed by atoms with Gasteiger partial charge in [0, 0.05) is 80.9 Å². The number of unbranched alkanes of at least 4 members (excludes halogenated alkanes) is 2. The number of fused-ring (bicyclic) bond motifs is 1. The summed E-state index contributed by atoms with van der Waals surface area (Å²) in [5.41, 5.74) is 0.405. The van der Waals surface area contributed by atoms with Gasteiger partial charge in [0.25, 0.3) is 0 Å². The molecule has 1 N–H and O–H groups in total. The SMILES string of the molecule is C#CCCCC(=O)OCc1cnc(C)c(OC(=O)c2cn(C3CC3)c3c(OC)c(N4CCNC(C)C4)c(F)cc3c2=O)c1COC(=O)CCCC#C. The van der Waals surface area contributed by atoms with E-state index in [1.807, 2.05) is 11.8 Å². The second-order valence-corrected chi connectivity index (χ2v) is 13.0. The summed E-state index contributed by atoms with van der Waals surface area (Å²) in [5, 5.41) is 3.32. The van der Waals surface area contributed by atoms with Crippen LogP contribution in [-0.2, 0) is 32.3 Å². The van der Waals surface area contributed by atoms with Crippen LogP contribution in [0, 0.1) is 37.4 Å². The van der Waals surface area contributed by atoms with Gasteiger partial charge in [0.2, 0.25) is 5.43 Å². The van der Waals surface area contributed by atoms with E-state index in [0.29, 0.717) is 56.4 Å². The predicted molar refractivity (Wildman–Crippen MR) is 192 cm³/mol. The standard InChI is InChI=1S/C39H43FN4O8/c1-6-8-10-12-32(45)50-22-26-19-42-25(4)37(30(26)23-51-33(46)13-11-9-7-2)52-39(48)29-21-44(27-14-15-27)34-28(36(29)47)18-31(40)35(38(34)49-5)43-17-16-41-24(3)20-43/h1-2,18-19,21,24,27,41H,8-17,20,22-23H2,3-5H3. The summed E-state index contributed by atoms with van der Waals surface area (Å²) < 4.78 is 40.4. The van der Waals surface area contributed by atoms with Gasteiger partial charge in [-0.05, 0) is 45.6 Å². The fourth-order valence-electron chi connectivity index (χ4n) is 6.22. The monoisotopic (exact) mass is 714 g/mol. The number of anilines is 1. The highest BCUT2D eigenvalue weighted by Crippen LogP contribution is 2.44. The molecule has 0 bridgehead atoms. The van der Waals surface area contributed by atoms with Crippen LogP contribution < -0.4 is 25.1 Å². The van der Waals surface area contributed by atoms with Gasteiger partial charge in [-0.25, -0.2) is 9.18 Å². The average molecular weight is 715 g/mol. The van der Waals surface area contributed by atoms with Crippen molar-refractivity contribution in [1.29, 1.82) is 0 Å². The second kappa shape index (κ2) is 17.2. The molecule has 1 aliphatic heterocycles. The molecule has 0 amide bonds. The minimum absolute atomic E-state index is 0.0240. The molecule has 5 rings (SSSR count). The molecule has 12 nitrogen and oxygen atoms in total. The van der Waals surface area contributed by atoms with Crippen LogP contribution in [0.15, 0.2) is 23.3 Å². The smallest absolute Gasteiger partial charge is 0.349 e. The van der Waals surface area contributed by atoms with Gasteiger partial charge in [-0.3, -0.25) is 19.4 Å². The second-order valence-electron chi connectivity index (χ2n) is 13.0. The van der Waals surface area contributed by atoms with Crippen molar-refractivity contribution in [2.24, 2.45) is 0 Å². The van der Waals surface area contributed by atoms with Crippen LogP contribution in [0.1, 0.15) is 91.5 Å². The van der Waals surface area contributed by atoms with Gasteiger partial charge in [0.15, 0.2) is 17.3 Å². The summed E-state index contributed by atoms with van der Waals surface area (Å²) in [6.45, 7) is 4.73. The Balaban J connectivity index is 1.52. The number of hydrogen-bond donors (Lipinski definition) is 1. The lowest BCUT2D eigenvalue weighted by atomic mass is 10.1. The number of halogens is 1. The molecular weight excluding hydrogens is 671 g/mol. The summed E-state index contributed by atoms with van der Waals surface area (Å²) in [6.07, 6.45) is 16.9. The van der Waals surface area contributed by atoms with Gasteiger partial charge in [-0.1, -0.05) is 0 Å². The van der Waals surface area contributed by atoms with Gasteiger partial charge in [-0.2, -0.15) is 0 Å². The Morgan fingerprint density at radius 1 is 1.06 bits per heavy atom. The first-order chi connectivity index (χ1) is 25.1. The van der Waals surface area contributed by atoms with Gasteiger partial charge >= 0.3 is 17.9 Å². The lowest BCUT2D eigenvalue weighted by Crippen LogP contribution is -2.49. The van der Waals surface area contributed by atoms with Crippen molar-refractivity contribution in [3.05, 3.63) is 56.9 Å². The Kier molecular flexibility index (Phi) is 12.5. The van der Waals surface area contributed by atoms with Crippen molar-refractivity contribution in [3.8, 4) is 36.2 Å². The number of nitrogens with one attached hydrogen (secondary N) is 1. The van der Waals surface area contributed by atoms with E-state index in [2.05, 4.69) is 22.1 Å². The maximum absolute atomic E-state index is 16.0. The van der Waals surface area contributed by atoms with Crippen molar-refractivity contribution >= 4 is 34.5 Å². The number of esters is 3. The van der Waals surface area contributed by atoms with Crippen LogP contribution in [0.5, 0.6) is 11.5 Å². The van der Waals surface area contributed by atoms with Crippen molar-refractivity contribution in [2.45, 2.75) is 90.5 Å². The molecule has 1 saturated carbocycles. The molecular formula is C39H43FN4O8. The van der Waals surface area contributed by atoms with E-state index in [9.17, 15) is 19.2 Å². The van der Waals surface area contributed by atoms with E-state index in [0.717, 1.165) is 18.9 Å². The van der Waals surface area contributed by atoms with Crippen LogP contribution in [0.3, 0.4) is 0 Å². The number of terminal acetylenes is 2. The molecule has 1 unspecified atom stereocenters. The molecule has 3 aromatic rings. The van der Waals surface area contributed by atoms with E-state index in [4.69, 9.17) is 31.8 Å². The van der Waals surface area contributed by atoms with E-state index < -0.39 is 29.2 Å². The highest BCUT2D eigenvalue weighted by Gasteiger charge is 2.33. The van der Waals surface area contributed by atoms with Gasteiger partial charge in [-0.15, -0.1) is 24.7 Å². The summed E-state index contributed by atoms with van der Waals surface area (Å²) in [4.78, 5) is 59.2. The van der Waals surface area contributed by atoms with Crippen molar-refractivity contribution in [3.63, 3.8) is 0 Å². The van der Waals surface area contributed by atoms with E-state index in [1.54, 1.807) is 11.5 Å². The summed E-state index contributed by atoms with van der Waals surface area (Å²) >= 11 is 0. The molecule has 1 aromatic carbocycles. The van der Waals surface area contributed by atoms with Gasteiger partial charge in [0.05, 0.1) is 23.7 Å². The molecule has 3 heterocycles. The summed E-state index contributed by atoms with van der Waals surface area (Å²) in [7, 11) is 1.44. The largest absolute Gasteiger partial charge is 0.492 e. The van der Waals surface area contributed by atoms with E-state index in [1.165, 1.54) is 19.5 Å². The number of methoxy groups -OCH3 is 1. The molecule has 0 spiro atoms. The normalized spacial score (nSPS) is 15.4. The van der Waals surface area contributed by atoms with Gasteiger partial charge in [0.1, 0.15) is 24.5 Å². The predicted octanol–water partition coefficient (Wildman–Crippen LogP) is 4.90. The number of piperazine rings is 1. The van der Waals surface area contributed by atoms with Crippen LogP contribution in [0.4, 0.5) is 10.1 Å². The fourth-order valence-corrected chi connectivity index (χ4v) is 6.22. The summed E-state index contributed by atoms with van der Waals surface area (Å²) in [6, 6.07) is 1.23. The molecule has 1 aliphatic carbocycles. The number of aromatic nitrogens is 2. The minimum atomic E-state index is -1.02. The quantitative estimate of drug-likeness (QED) is 0.131. The van der Waals surface area contributed by atoms with Crippen LogP contribution in [0.2, 0.25) is 0 Å². The summed E-state index contributed by atoms with van der Waals surface area (Å²) in [5.74, 6) is 2.41. The van der Waals surface area contributed by atoms with Crippen LogP contribution >= 0.6 is 0 Å². The third-order valence-corrected chi connectivity index (χ3v) is 9.02. The molecule has 1 atom stereocenters. The molecule has 13 heteroatoms. The van der Waals surface area contributed by atoms with Crippen LogP contribution in [-0.4, -0.2) is 60.2 Å². The maximum Gasteiger partial charge on any atom is 0.349 e. The van der Waals surface area contributed by atoms with Gasteiger partial charge < -0.3 is 33.7 Å². The first-order valence-corrected chi connectivity index (χ1v) is 17.4. The highest BCUT2D eigenvalue weighted by atomic mass is 19.1. The zero-order valence-corrected chi connectivity index (χ0v) is 29.7. The molecule has 274 valence electrons. The average Bonchev–Trinajstić information content (AvgIpc) is 3.97. The van der Waals surface area contributed by atoms with E-state index in [-0.39, 0.29) is 77.5 Å². The third-order valence-electron chi connectivity index (χ3n) is 9.02. The number of aryl methyl sites for hydroxylation is 1. The third kappa shape index (κ3) is 8.72. The number of ether oxygens (including phenoxy) is 4. The Morgan fingerprint density at radius 2 is 1.73 bits per heavy atom. The maximum atomic E-state index is 16.0. The van der Waals surface area contributed by atoms with Crippen molar-refractivity contribution < 1.29 is 37.7 Å². The Bertz CT molecular complexity index is 1990. The molecule has 2 aliphatic rings. The number of pyridine rings is 2. The minimum Gasteiger partial charge on any atom is -0.492 e. The number of carbonyl (C=O) groups excluding carboxylic acids is 3. The van der Waals surface area contributed by atoms with E-state index >= 15 is 4.39 Å². The Hall–Kier alpha value is -5.40. The number of benzene rings is 1. The first-order valence-electron chi connectivity index (χ1n) is 17.4. The lowest BCUT2D eigenvalue weighted by Gasteiger charge is -2.35. The fraction of sp³-hybridized carbons (Fsp3) is 0.462. The zero-order chi connectivity index (χ0) is 37.4. The number of rotatable bonds is 15. The number of hydrogen-bond acceptors (Lipinski definition) is 11. The molecule has 2 aromatic heterocycles. The highest BCUT2D eigenvalue weighted by molar-refractivity contribution is 5.98. The number of carbonyl (C=O) groups is 3. The van der Waals surface area contributed by atoms with Crippen molar-refractivity contribution in [2.75, 3.05) is 31.6 Å². The molecule has 0 radical (unpaired) electrons. The Morgan fingerprint density at radius 3 is 2.35 bits per heavy atom. The molecule has 1 saturated heterocycles. The number of nitrogens with zero attached hydrogens (tertiary/aromatic N) is 3. The zero-order valence-electron chi connectivity index (χ0n) is 29.7. The van der Waals surface area contributed by atoms with Crippen LogP contribution in [0.25, 0.3) is 10.9 Å².